The highest BCUT2D eigenvalue weighted by atomic mass is 16.3. The molecule has 8 N–H and O–H groups in total. The maximum absolute atomic E-state index is 12.5. The third kappa shape index (κ3) is 6.87. The molecule has 9 heteroatoms. The molecule has 0 heterocycles. The molecule has 0 saturated heterocycles. The second-order valence-corrected chi connectivity index (χ2v) is 6.87. The third-order valence-corrected chi connectivity index (χ3v) is 4.49. The van der Waals surface area contributed by atoms with Gasteiger partial charge in [-0.3, -0.25) is 14.4 Å². The number of rotatable bonds is 10. The number of hydrogen-bond acceptors (Lipinski definition) is 6. The van der Waals surface area contributed by atoms with Crippen LogP contribution in [0.2, 0.25) is 0 Å². The Morgan fingerprint density at radius 3 is 1.97 bits per heavy atom. The van der Waals surface area contributed by atoms with Gasteiger partial charge < -0.3 is 32.3 Å². The van der Waals surface area contributed by atoms with Crippen LogP contribution in [0.5, 0.6) is 5.75 Å². The first-order chi connectivity index (χ1) is 14.3. The molecular weight excluding hydrogens is 388 g/mol. The number of phenolic OH excluding ortho intramolecular Hbond substituents is 1. The molecule has 3 atom stereocenters. The summed E-state index contributed by atoms with van der Waals surface area (Å²) in [7, 11) is 0. The predicted molar refractivity (Wildman–Crippen MR) is 110 cm³/mol. The summed E-state index contributed by atoms with van der Waals surface area (Å²) in [6.07, 6.45) is 0.345. The molecule has 2 aromatic rings. The average Bonchev–Trinajstić information content (AvgIpc) is 2.73. The lowest BCUT2D eigenvalue weighted by Gasteiger charge is -2.22. The van der Waals surface area contributed by atoms with Gasteiger partial charge in [0.2, 0.25) is 17.7 Å². The minimum atomic E-state index is -1.29. The highest BCUT2D eigenvalue weighted by Gasteiger charge is 2.27. The van der Waals surface area contributed by atoms with Crippen LogP contribution in [0.25, 0.3) is 0 Å². The summed E-state index contributed by atoms with van der Waals surface area (Å²) >= 11 is 0. The van der Waals surface area contributed by atoms with Gasteiger partial charge in [0.1, 0.15) is 17.8 Å². The first-order valence-electron chi connectivity index (χ1n) is 9.38. The van der Waals surface area contributed by atoms with Crippen molar-refractivity contribution in [2.24, 2.45) is 11.5 Å². The maximum Gasteiger partial charge on any atom is 0.245 e. The number of phenols is 1. The number of aromatic hydroxyl groups is 1. The van der Waals surface area contributed by atoms with Gasteiger partial charge in [0.25, 0.3) is 0 Å². The van der Waals surface area contributed by atoms with Crippen LogP contribution in [0, 0.1) is 0 Å². The minimum Gasteiger partial charge on any atom is -0.508 e. The normalized spacial score (nSPS) is 13.7. The zero-order valence-corrected chi connectivity index (χ0v) is 16.3. The fourth-order valence-electron chi connectivity index (χ4n) is 2.80. The Morgan fingerprint density at radius 1 is 0.833 bits per heavy atom. The van der Waals surface area contributed by atoms with E-state index in [1.807, 2.05) is 6.07 Å². The lowest BCUT2D eigenvalue weighted by atomic mass is 10.0. The highest BCUT2D eigenvalue weighted by molar-refractivity contribution is 5.92. The average molecular weight is 414 g/mol. The van der Waals surface area contributed by atoms with Crippen molar-refractivity contribution in [2.45, 2.75) is 31.0 Å². The SMILES string of the molecule is NC(=O)C(Cc1ccccc1)NC(=O)C(CO)NC(=O)C(N)Cc1ccc(O)cc1. The first kappa shape index (κ1) is 22.9. The van der Waals surface area contributed by atoms with Crippen LogP contribution in [-0.2, 0) is 27.2 Å². The molecular formula is C21H26N4O5. The van der Waals surface area contributed by atoms with E-state index in [9.17, 15) is 24.6 Å². The summed E-state index contributed by atoms with van der Waals surface area (Å²) in [5.41, 5.74) is 12.8. The molecule has 0 spiro atoms. The molecule has 0 bridgehead atoms. The molecule has 0 radical (unpaired) electrons. The molecule has 0 fully saturated rings. The van der Waals surface area contributed by atoms with Gasteiger partial charge in [-0.2, -0.15) is 0 Å². The molecule has 0 aliphatic heterocycles. The van der Waals surface area contributed by atoms with Gasteiger partial charge in [-0.25, -0.2) is 0 Å². The van der Waals surface area contributed by atoms with Gasteiger partial charge in [0, 0.05) is 6.42 Å². The number of carbonyl (C=O) groups is 3. The summed E-state index contributed by atoms with van der Waals surface area (Å²) in [4.78, 5) is 36.5. The van der Waals surface area contributed by atoms with Crippen LogP contribution < -0.4 is 22.1 Å². The second-order valence-electron chi connectivity index (χ2n) is 6.87. The van der Waals surface area contributed by atoms with Crippen LogP contribution in [0.3, 0.4) is 0 Å². The van der Waals surface area contributed by atoms with Crippen LogP contribution >= 0.6 is 0 Å². The van der Waals surface area contributed by atoms with Gasteiger partial charge in [-0.15, -0.1) is 0 Å². The number of aliphatic hydroxyl groups excluding tert-OH is 1. The smallest absolute Gasteiger partial charge is 0.245 e. The van der Waals surface area contributed by atoms with Gasteiger partial charge in [0.15, 0.2) is 0 Å². The summed E-state index contributed by atoms with van der Waals surface area (Å²) < 4.78 is 0. The molecule has 2 aromatic carbocycles. The molecule has 0 saturated carbocycles. The zero-order chi connectivity index (χ0) is 22.1. The molecule has 0 aliphatic carbocycles. The van der Waals surface area contributed by atoms with Crippen LogP contribution in [0.4, 0.5) is 0 Å². The Hall–Kier alpha value is -3.43. The van der Waals surface area contributed by atoms with Crippen LogP contribution in [0.15, 0.2) is 54.6 Å². The molecule has 3 amide bonds. The highest BCUT2D eigenvalue weighted by Crippen LogP contribution is 2.11. The number of nitrogens with two attached hydrogens (primary N) is 2. The number of carbonyl (C=O) groups excluding carboxylic acids is 3. The van der Waals surface area contributed by atoms with Crippen molar-refractivity contribution in [3.05, 3.63) is 65.7 Å². The Labute approximate surface area is 174 Å². The van der Waals surface area contributed by atoms with E-state index in [0.29, 0.717) is 0 Å². The summed E-state index contributed by atoms with van der Waals surface area (Å²) in [6, 6.07) is 11.9. The van der Waals surface area contributed by atoms with E-state index in [0.717, 1.165) is 11.1 Å². The quantitative estimate of drug-likeness (QED) is 0.290. The lowest BCUT2D eigenvalue weighted by Crippen LogP contribution is -2.57. The van der Waals surface area contributed by atoms with Gasteiger partial charge in [0.05, 0.1) is 12.6 Å². The fraction of sp³-hybridized carbons (Fsp3) is 0.286. The number of nitrogens with one attached hydrogen (secondary N) is 2. The monoisotopic (exact) mass is 414 g/mol. The summed E-state index contributed by atoms with van der Waals surface area (Å²) in [6.45, 7) is -0.680. The van der Waals surface area contributed by atoms with Gasteiger partial charge in [-0.1, -0.05) is 42.5 Å². The Kier molecular flexibility index (Phi) is 8.33. The largest absolute Gasteiger partial charge is 0.508 e. The first-order valence-corrected chi connectivity index (χ1v) is 9.38. The van der Waals surface area contributed by atoms with Crippen molar-refractivity contribution in [1.29, 1.82) is 0 Å². The topological polar surface area (TPSA) is 168 Å². The molecule has 2 rings (SSSR count). The van der Waals surface area contributed by atoms with Crippen LogP contribution in [-0.4, -0.2) is 52.7 Å². The number of hydrogen-bond donors (Lipinski definition) is 6. The number of aliphatic hydroxyl groups is 1. The molecule has 160 valence electrons. The number of primary amides is 1. The Balaban J connectivity index is 1.95. The van der Waals surface area contributed by atoms with E-state index in [4.69, 9.17) is 11.5 Å². The predicted octanol–water partition coefficient (Wildman–Crippen LogP) is -1.05. The van der Waals surface area contributed by atoms with E-state index in [-0.39, 0.29) is 18.6 Å². The number of benzene rings is 2. The van der Waals surface area contributed by atoms with E-state index < -0.39 is 42.5 Å². The number of amides is 3. The standard InChI is InChI=1S/C21H26N4O5/c22-16(10-14-6-8-15(27)9-7-14)20(29)25-18(12-26)21(30)24-17(19(23)28)11-13-4-2-1-3-5-13/h1-9,16-18,26-27H,10-12,22H2,(H2,23,28)(H,24,30)(H,25,29). The van der Waals surface area contributed by atoms with E-state index in [1.165, 1.54) is 12.1 Å². The van der Waals surface area contributed by atoms with Crippen LogP contribution in [0.1, 0.15) is 11.1 Å². The fourth-order valence-corrected chi connectivity index (χ4v) is 2.80. The van der Waals surface area contributed by atoms with Crippen molar-refractivity contribution >= 4 is 17.7 Å². The molecule has 0 aromatic heterocycles. The summed E-state index contributed by atoms with van der Waals surface area (Å²) in [5.74, 6) is -2.04. The van der Waals surface area contributed by atoms with Crippen molar-refractivity contribution in [2.75, 3.05) is 6.61 Å². The molecule has 0 aliphatic rings. The van der Waals surface area contributed by atoms with Gasteiger partial charge >= 0.3 is 0 Å². The van der Waals surface area contributed by atoms with Crippen molar-refractivity contribution in [3.8, 4) is 5.75 Å². The van der Waals surface area contributed by atoms with Gasteiger partial charge in [-0.05, 0) is 29.7 Å². The van der Waals surface area contributed by atoms with Crippen molar-refractivity contribution < 1.29 is 24.6 Å². The second kappa shape index (κ2) is 10.9. The zero-order valence-electron chi connectivity index (χ0n) is 16.3. The Morgan fingerprint density at radius 2 is 1.40 bits per heavy atom. The molecule has 30 heavy (non-hydrogen) atoms. The molecule has 9 nitrogen and oxygen atoms in total. The van der Waals surface area contributed by atoms with Crippen molar-refractivity contribution in [3.63, 3.8) is 0 Å². The Bertz CT molecular complexity index is 857. The van der Waals surface area contributed by atoms with E-state index >= 15 is 0 Å². The third-order valence-electron chi connectivity index (χ3n) is 4.49. The van der Waals surface area contributed by atoms with E-state index in [2.05, 4.69) is 10.6 Å². The minimum absolute atomic E-state index is 0.0910. The maximum atomic E-state index is 12.5. The summed E-state index contributed by atoms with van der Waals surface area (Å²) in [5, 5.41) is 23.7. The van der Waals surface area contributed by atoms with E-state index in [1.54, 1.807) is 36.4 Å². The molecule has 3 unspecified atom stereocenters. The lowest BCUT2D eigenvalue weighted by molar-refractivity contribution is -0.132. The van der Waals surface area contributed by atoms with Crippen molar-refractivity contribution in [1.82, 2.24) is 10.6 Å².